The number of ether oxygens (including phenoxy) is 2. The van der Waals surface area contributed by atoms with Gasteiger partial charge in [-0.1, -0.05) is 18.6 Å². The van der Waals surface area contributed by atoms with E-state index in [0.29, 0.717) is 36.3 Å². The molecule has 3 unspecified atom stereocenters. The van der Waals surface area contributed by atoms with Crippen LogP contribution in [0.1, 0.15) is 39.0 Å². The minimum atomic E-state index is -0.344. The number of hydrogen-bond donors (Lipinski definition) is 1. The molecule has 0 heterocycles. The second kappa shape index (κ2) is 7.69. The topological polar surface area (TPSA) is 64.6 Å². The average Bonchev–Trinajstić information content (AvgIpc) is 3.18. The molecule has 0 saturated heterocycles. The summed E-state index contributed by atoms with van der Waals surface area (Å²) in [5.41, 5.74) is 0.591. The van der Waals surface area contributed by atoms with Gasteiger partial charge < -0.3 is 14.8 Å². The summed E-state index contributed by atoms with van der Waals surface area (Å²) < 4.78 is 10.6. The molecule has 5 heteroatoms. The lowest BCUT2D eigenvalue weighted by Gasteiger charge is -2.20. The third kappa shape index (κ3) is 4.08. The van der Waals surface area contributed by atoms with E-state index in [1.165, 1.54) is 19.3 Å². The summed E-state index contributed by atoms with van der Waals surface area (Å²) in [5, 5.41) is 2.73. The van der Waals surface area contributed by atoms with Gasteiger partial charge in [-0.05, 0) is 56.1 Å². The highest BCUT2D eigenvalue weighted by molar-refractivity contribution is 5.94. The molecular formula is C19H25NO4. The smallest absolute Gasteiger partial charge is 0.306 e. The number of fused-ring (bicyclic) bond motifs is 2. The van der Waals surface area contributed by atoms with Gasteiger partial charge in [-0.3, -0.25) is 9.59 Å². The van der Waals surface area contributed by atoms with E-state index in [4.69, 9.17) is 9.47 Å². The van der Waals surface area contributed by atoms with Gasteiger partial charge in [0.05, 0.1) is 12.3 Å². The first kappa shape index (κ1) is 16.8. The van der Waals surface area contributed by atoms with Crippen LogP contribution < -0.4 is 10.1 Å². The zero-order valence-corrected chi connectivity index (χ0v) is 14.1. The molecule has 1 N–H and O–H groups in total. The molecule has 5 nitrogen and oxygen atoms in total. The van der Waals surface area contributed by atoms with E-state index in [-0.39, 0.29) is 18.5 Å². The van der Waals surface area contributed by atoms with Gasteiger partial charge in [0, 0.05) is 6.42 Å². The standard InChI is InChI=1S/C19H25NO4/c1-2-23-17-6-4-3-5-16(17)20-18(21)12-24-19(22)11-15-10-13-7-8-14(15)9-13/h3-6,13-15H,2,7-12H2,1H3,(H,20,21). The van der Waals surface area contributed by atoms with Crippen LogP contribution >= 0.6 is 0 Å². The van der Waals surface area contributed by atoms with Crippen molar-refractivity contribution < 1.29 is 19.1 Å². The molecule has 130 valence electrons. The molecule has 0 radical (unpaired) electrons. The largest absolute Gasteiger partial charge is 0.492 e. The lowest BCUT2D eigenvalue weighted by Crippen LogP contribution is -2.23. The predicted octanol–water partition coefficient (Wildman–Crippen LogP) is 3.39. The Balaban J connectivity index is 1.43. The highest BCUT2D eigenvalue weighted by Gasteiger charge is 2.40. The number of benzene rings is 1. The van der Waals surface area contributed by atoms with E-state index in [9.17, 15) is 9.59 Å². The zero-order valence-electron chi connectivity index (χ0n) is 14.1. The zero-order chi connectivity index (χ0) is 16.9. The minimum Gasteiger partial charge on any atom is -0.492 e. The maximum atomic E-state index is 12.0. The van der Waals surface area contributed by atoms with Gasteiger partial charge in [-0.25, -0.2) is 0 Å². The molecule has 24 heavy (non-hydrogen) atoms. The number of esters is 1. The van der Waals surface area contributed by atoms with Crippen LogP contribution in [0.4, 0.5) is 5.69 Å². The molecule has 1 aromatic rings. The van der Waals surface area contributed by atoms with Crippen molar-refractivity contribution in [1.82, 2.24) is 0 Å². The first-order chi connectivity index (χ1) is 11.7. The number of amides is 1. The Hall–Kier alpha value is -2.04. The van der Waals surface area contributed by atoms with E-state index in [0.717, 1.165) is 12.3 Å². The Morgan fingerprint density at radius 1 is 1.21 bits per heavy atom. The molecule has 2 aliphatic carbocycles. The lowest BCUT2D eigenvalue weighted by molar-refractivity contribution is -0.148. The average molecular weight is 331 g/mol. The molecule has 3 atom stereocenters. The van der Waals surface area contributed by atoms with Gasteiger partial charge >= 0.3 is 5.97 Å². The summed E-state index contributed by atoms with van der Waals surface area (Å²) in [6.07, 6.45) is 5.43. The van der Waals surface area contributed by atoms with Crippen molar-refractivity contribution >= 4 is 17.6 Å². The van der Waals surface area contributed by atoms with Gasteiger partial charge in [-0.2, -0.15) is 0 Å². The highest BCUT2D eigenvalue weighted by Crippen LogP contribution is 2.49. The van der Waals surface area contributed by atoms with Crippen LogP contribution in [0.3, 0.4) is 0 Å². The van der Waals surface area contributed by atoms with Gasteiger partial charge in [0.15, 0.2) is 6.61 Å². The van der Waals surface area contributed by atoms with Crippen LogP contribution in [0.25, 0.3) is 0 Å². The fourth-order valence-electron chi connectivity index (χ4n) is 4.08. The van der Waals surface area contributed by atoms with E-state index in [2.05, 4.69) is 5.32 Å². The molecule has 2 aliphatic rings. The molecule has 0 aliphatic heterocycles. The van der Waals surface area contributed by atoms with E-state index >= 15 is 0 Å². The maximum Gasteiger partial charge on any atom is 0.306 e. The highest BCUT2D eigenvalue weighted by atomic mass is 16.5. The summed E-state index contributed by atoms with van der Waals surface area (Å²) in [6.45, 7) is 2.15. The van der Waals surface area contributed by atoms with Crippen LogP contribution in [0, 0.1) is 17.8 Å². The Kier molecular flexibility index (Phi) is 5.38. The van der Waals surface area contributed by atoms with Crippen molar-refractivity contribution in [2.24, 2.45) is 17.8 Å². The van der Waals surface area contributed by atoms with Crippen molar-refractivity contribution in [3.63, 3.8) is 0 Å². The van der Waals surface area contributed by atoms with Crippen molar-refractivity contribution in [1.29, 1.82) is 0 Å². The van der Waals surface area contributed by atoms with Crippen molar-refractivity contribution in [3.05, 3.63) is 24.3 Å². The third-order valence-electron chi connectivity index (χ3n) is 5.14. The number of carbonyl (C=O) groups is 2. The van der Waals surface area contributed by atoms with Gasteiger partial charge in [0.2, 0.25) is 0 Å². The van der Waals surface area contributed by atoms with Gasteiger partial charge in [-0.15, -0.1) is 0 Å². The number of carbonyl (C=O) groups excluding carboxylic acids is 2. The van der Waals surface area contributed by atoms with Crippen LogP contribution in [0.5, 0.6) is 5.75 Å². The summed E-state index contributed by atoms with van der Waals surface area (Å²) in [6, 6.07) is 7.22. The molecule has 2 saturated carbocycles. The summed E-state index contributed by atoms with van der Waals surface area (Å²) in [7, 11) is 0. The quantitative estimate of drug-likeness (QED) is 0.778. The fourth-order valence-corrected chi connectivity index (χ4v) is 4.08. The van der Waals surface area contributed by atoms with Crippen molar-refractivity contribution in [3.8, 4) is 5.75 Å². The fraction of sp³-hybridized carbons (Fsp3) is 0.579. The lowest BCUT2D eigenvalue weighted by atomic mass is 9.86. The van der Waals surface area contributed by atoms with E-state index in [1.807, 2.05) is 19.1 Å². The van der Waals surface area contributed by atoms with Crippen molar-refractivity contribution in [2.45, 2.75) is 39.0 Å². The number of anilines is 1. The number of hydrogen-bond acceptors (Lipinski definition) is 4. The maximum absolute atomic E-state index is 12.0. The first-order valence-corrected chi connectivity index (χ1v) is 8.83. The summed E-state index contributed by atoms with van der Waals surface area (Å²) in [5.74, 6) is 1.96. The number of rotatable bonds is 7. The second-order valence-electron chi connectivity index (χ2n) is 6.78. The van der Waals surface area contributed by atoms with E-state index in [1.54, 1.807) is 12.1 Å². The van der Waals surface area contributed by atoms with Crippen LogP contribution in [0.15, 0.2) is 24.3 Å². The van der Waals surface area contributed by atoms with Crippen LogP contribution in [-0.2, 0) is 14.3 Å². The number of para-hydroxylation sites is 2. The minimum absolute atomic E-state index is 0.250. The molecule has 3 rings (SSSR count). The van der Waals surface area contributed by atoms with Crippen LogP contribution in [0.2, 0.25) is 0 Å². The Bertz CT molecular complexity index is 601. The molecule has 2 fully saturated rings. The summed E-state index contributed by atoms with van der Waals surface area (Å²) >= 11 is 0. The molecule has 2 bridgehead atoms. The van der Waals surface area contributed by atoms with Gasteiger partial charge in [0.25, 0.3) is 5.91 Å². The summed E-state index contributed by atoms with van der Waals surface area (Å²) in [4.78, 5) is 24.0. The molecular weight excluding hydrogens is 306 g/mol. The SMILES string of the molecule is CCOc1ccccc1NC(=O)COC(=O)CC1CC2CCC1C2. The second-order valence-corrected chi connectivity index (χ2v) is 6.78. The Labute approximate surface area is 142 Å². The van der Waals surface area contributed by atoms with Crippen molar-refractivity contribution in [2.75, 3.05) is 18.5 Å². The Morgan fingerprint density at radius 2 is 2.04 bits per heavy atom. The number of nitrogens with one attached hydrogen (secondary N) is 1. The van der Waals surface area contributed by atoms with Gasteiger partial charge in [0.1, 0.15) is 5.75 Å². The molecule has 0 spiro atoms. The van der Waals surface area contributed by atoms with Crippen LogP contribution in [-0.4, -0.2) is 25.1 Å². The van der Waals surface area contributed by atoms with E-state index < -0.39 is 0 Å². The first-order valence-electron chi connectivity index (χ1n) is 8.83. The Morgan fingerprint density at radius 3 is 2.75 bits per heavy atom. The third-order valence-corrected chi connectivity index (χ3v) is 5.14. The normalized spacial score (nSPS) is 24.6. The molecule has 1 aromatic carbocycles. The molecule has 1 amide bonds. The monoisotopic (exact) mass is 331 g/mol. The predicted molar refractivity (Wildman–Crippen MR) is 90.8 cm³/mol. The molecule has 0 aromatic heterocycles.